The van der Waals surface area contributed by atoms with Crippen LogP contribution >= 0.6 is 11.3 Å². The number of carbonyl (C=O) groups is 1. The van der Waals surface area contributed by atoms with Crippen LogP contribution in [0.25, 0.3) is 0 Å². The molecule has 0 spiro atoms. The van der Waals surface area contributed by atoms with Gasteiger partial charge in [0.05, 0.1) is 22.6 Å². The van der Waals surface area contributed by atoms with Crippen LogP contribution < -0.4 is 0 Å². The van der Waals surface area contributed by atoms with Gasteiger partial charge in [0.2, 0.25) is 5.78 Å². The van der Waals surface area contributed by atoms with E-state index in [1.807, 2.05) is 35.8 Å². The maximum atomic E-state index is 12.4. The summed E-state index contributed by atoms with van der Waals surface area (Å²) >= 11 is 1.52. The Kier molecular flexibility index (Phi) is 2.57. The summed E-state index contributed by atoms with van der Waals surface area (Å²) in [5.74, 6) is 0.00885. The number of ketones is 1. The average Bonchev–Trinajstić information content (AvgIpc) is 3.02. The summed E-state index contributed by atoms with van der Waals surface area (Å²) in [6, 6.07) is 9.88. The first-order valence-corrected chi connectivity index (χ1v) is 6.72. The van der Waals surface area contributed by atoms with Gasteiger partial charge in [0, 0.05) is 17.1 Å². The number of aryl methyl sites for hydroxylation is 1. The summed E-state index contributed by atoms with van der Waals surface area (Å²) < 4.78 is 1.99. The minimum atomic E-state index is -0.0587. The van der Waals surface area contributed by atoms with Crippen molar-refractivity contribution in [3.05, 3.63) is 45.4 Å². The molecule has 0 aliphatic carbocycles. The largest absolute Gasteiger partial charge is 0.341 e. The molecule has 3 nitrogen and oxygen atoms in total. The van der Waals surface area contributed by atoms with E-state index in [0.717, 1.165) is 28.4 Å². The van der Waals surface area contributed by atoms with Gasteiger partial charge in [-0.3, -0.25) is 4.79 Å². The molecule has 3 rings (SSSR count). The summed E-state index contributed by atoms with van der Waals surface area (Å²) in [6.45, 7) is 2.77. The molecule has 3 heterocycles. The maximum absolute atomic E-state index is 12.4. The highest BCUT2D eigenvalue weighted by Crippen LogP contribution is 2.31. The van der Waals surface area contributed by atoms with Crippen molar-refractivity contribution >= 4 is 17.1 Å². The lowest BCUT2D eigenvalue weighted by molar-refractivity contribution is 0.103. The Morgan fingerprint density at radius 1 is 1.44 bits per heavy atom. The molecule has 0 fully saturated rings. The van der Waals surface area contributed by atoms with Crippen LogP contribution in [0.15, 0.2) is 24.3 Å². The predicted molar refractivity (Wildman–Crippen MR) is 69.9 cm³/mol. The predicted octanol–water partition coefficient (Wildman–Crippen LogP) is 3.10. The van der Waals surface area contributed by atoms with Crippen molar-refractivity contribution in [3.8, 4) is 6.07 Å². The van der Waals surface area contributed by atoms with Crippen LogP contribution in [-0.2, 0) is 6.54 Å². The zero-order chi connectivity index (χ0) is 12.7. The second-order valence-electron chi connectivity index (χ2n) is 4.50. The fraction of sp³-hybridized carbons (Fsp3) is 0.286. The van der Waals surface area contributed by atoms with E-state index in [4.69, 9.17) is 5.26 Å². The summed E-state index contributed by atoms with van der Waals surface area (Å²) in [5.41, 5.74) is 1.69. The summed E-state index contributed by atoms with van der Waals surface area (Å²) in [5, 5.41) is 9.03. The first-order chi connectivity index (χ1) is 8.70. The molecular weight excluding hydrogens is 244 g/mol. The minimum absolute atomic E-state index is 0.0587. The maximum Gasteiger partial charge on any atom is 0.219 e. The van der Waals surface area contributed by atoms with Gasteiger partial charge in [0.25, 0.3) is 0 Å². The number of aromatic nitrogens is 1. The van der Waals surface area contributed by atoms with E-state index in [-0.39, 0.29) is 11.7 Å². The fourth-order valence-electron chi connectivity index (χ4n) is 2.45. The van der Waals surface area contributed by atoms with Crippen LogP contribution in [0.1, 0.15) is 38.3 Å². The smallest absolute Gasteiger partial charge is 0.219 e. The van der Waals surface area contributed by atoms with Gasteiger partial charge < -0.3 is 4.57 Å². The van der Waals surface area contributed by atoms with Gasteiger partial charge in [-0.15, -0.1) is 11.3 Å². The van der Waals surface area contributed by atoms with Crippen molar-refractivity contribution in [1.82, 2.24) is 4.57 Å². The number of carbonyl (C=O) groups excluding carboxylic acids is 1. The van der Waals surface area contributed by atoms with E-state index in [1.54, 1.807) is 0 Å². The van der Waals surface area contributed by atoms with Gasteiger partial charge >= 0.3 is 0 Å². The van der Waals surface area contributed by atoms with Crippen molar-refractivity contribution < 1.29 is 4.79 Å². The normalized spacial score (nSPS) is 17.4. The standard InChI is InChI=1S/C14H12N2OS/c1-9-2-5-13(18-9)14(17)12-4-3-11-10(8-15)6-7-16(11)12/h2-5,10H,6-7H2,1H3. The molecule has 0 saturated heterocycles. The Morgan fingerprint density at radius 2 is 2.28 bits per heavy atom. The molecule has 1 aliphatic heterocycles. The molecule has 0 N–H and O–H groups in total. The molecular formula is C14H12N2OS. The highest BCUT2D eigenvalue weighted by Gasteiger charge is 2.27. The van der Waals surface area contributed by atoms with Crippen molar-refractivity contribution in [2.75, 3.05) is 0 Å². The Bertz CT molecular complexity index is 660. The highest BCUT2D eigenvalue weighted by molar-refractivity contribution is 7.14. The number of hydrogen-bond donors (Lipinski definition) is 0. The monoisotopic (exact) mass is 256 g/mol. The number of thiophene rings is 1. The summed E-state index contributed by atoms with van der Waals surface area (Å²) in [7, 11) is 0. The number of fused-ring (bicyclic) bond motifs is 1. The molecule has 1 aliphatic rings. The molecule has 0 amide bonds. The number of nitriles is 1. The minimum Gasteiger partial charge on any atom is -0.341 e. The highest BCUT2D eigenvalue weighted by atomic mass is 32.1. The third-order valence-electron chi connectivity index (χ3n) is 3.37. The molecule has 1 atom stereocenters. The zero-order valence-corrected chi connectivity index (χ0v) is 10.8. The zero-order valence-electron chi connectivity index (χ0n) is 10.0. The molecule has 0 aromatic carbocycles. The number of rotatable bonds is 2. The molecule has 18 heavy (non-hydrogen) atoms. The molecule has 4 heteroatoms. The lowest BCUT2D eigenvalue weighted by Gasteiger charge is -2.03. The molecule has 0 radical (unpaired) electrons. The van der Waals surface area contributed by atoms with Crippen LogP contribution in [0.4, 0.5) is 0 Å². The first-order valence-electron chi connectivity index (χ1n) is 5.91. The molecule has 90 valence electrons. The van der Waals surface area contributed by atoms with Gasteiger partial charge in [-0.25, -0.2) is 0 Å². The Balaban J connectivity index is 2.00. The SMILES string of the molecule is Cc1ccc(C(=O)c2ccc3n2CCC3C#N)s1. The Morgan fingerprint density at radius 3 is 2.94 bits per heavy atom. The lowest BCUT2D eigenvalue weighted by atomic mass is 10.1. The Labute approximate surface area is 109 Å². The molecule has 0 saturated carbocycles. The number of hydrogen-bond acceptors (Lipinski definition) is 3. The van der Waals surface area contributed by atoms with Crippen molar-refractivity contribution in [3.63, 3.8) is 0 Å². The fourth-order valence-corrected chi connectivity index (χ4v) is 3.27. The third-order valence-corrected chi connectivity index (χ3v) is 4.36. The van der Waals surface area contributed by atoms with Crippen LogP contribution in [0.3, 0.4) is 0 Å². The van der Waals surface area contributed by atoms with Crippen LogP contribution in [-0.4, -0.2) is 10.4 Å². The van der Waals surface area contributed by atoms with Crippen LogP contribution in [0.2, 0.25) is 0 Å². The summed E-state index contributed by atoms with van der Waals surface area (Å²) in [4.78, 5) is 14.3. The van der Waals surface area contributed by atoms with Gasteiger partial charge in [0.1, 0.15) is 0 Å². The van der Waals surface area contributed by atoms with Crippen LogP contribution in [0.5, 0.6) is 0 Å². The van der Waals surface area contributed by atoms with E-state index in [2.05, 4.69) is 6.07 Å². The second kappa shape index (κ2) is 4.11. The topological polar surface area (TPSA) is 45.8 Å². The average molecular weight is 256 g/mol. The number of nitrogens with zero attached hydrogens (tertiary/aromatic N) is 2. The van der Waals surface area contributed by atoms with Crippen molar-refractivity contribution in [2.24, 2.45) is 0 Å². The first kappa shape index (κ1) is 11.2. The summed E-state index contributed by atoms with van der Waals surface area (Å²) in [6.07, 6.45) is 0.816. The third kappa shape index (κ3) is 1.59. The quantitative estimate of drug-likeness (QED) is 0.775. The van der Waals surface area contributed by atoms with E-state index in [9.17, 15) is 4.79 Å². The van der Waals surface area contributed by atoms with Gasteiger partial charge in [-0.1, -0.05) is 0 Å². The second-order valence-corrected chi connectivity index (χ2v) is 5.79. The molecule has 2 aromatic rings. The van der Waals surface area contributed by atoms with Gasteiger partial charge in [-0.2, -0.15) is 5.26 Å². The van der Waals surface area contributed by atoms with Gasteiger partial charge in [-0.05, 0) is 37.6 Å². The van der Waals surface area contributed by atoms with Crippen LogP contribution in [0, 0.1) is 18.3 Å². The Hall–Kier alpha value is -1.86. The van der Waals surface area contributed by atoms with E-state index >= 15 is 0 Å². The lowest BCUT2D eigenvalue weighted by Crippen LogP contribution is -2.07. The molecule has 1 unspecified atom stereocenters. The molecule has 2 aromatic heterocycles. The molecule has 0 bridgehead atoms. The van der Waals surface area contributed by atoms with Crippen molar-refractivity contribution in [1.29, 1.82) is 5.26 Å². The van der Waals surface area contributed by atoms with E-state index < -0.39 is 0 Å². The van der Waals surface area contributed by atoms with E-state index in [1.165, 1.54) is 11.3 Å². The van der Waals surface area contributed by atoms with Crippen molar-refractivity contribution in [2.45, 2.75) is 25.8 Å². The van der Waals surface area contributed by atoms with E-state index in [0.29, 0.717) is 5.69 Å². The van der Waals surface area contributed by atoms with Gasteiger partial charge in [0.15, 0.2) is 0 Å².